The fourth-order valence-electron chi connectivity index (χ4n) is 2.77. The molecule has 0 spiro atoms. The first-order valence-electron chi connectivity index (χ1n) is 9.01. The number of nitrogens with zero attached hydrogens (tertiary/aromatic N) is 1. The lowest BCUT2D eigenvalue weighted by molar-refractivity contribution is -0.121. The largest absolute Gasteiger partial charge is 0.492 e. The summed E-state index contributed by atoms with van der Waals surface area (Å²) in [4.78, 5) is 25.9. The number of fused-ring (bicyclic) bond motifs is 1. The summed E-state index contributed by atoms with van der Waals surface area (Å²) in [7, 11) is 0. The van der Waals surface area contributed by atoms with E-state index in [0.29, 0.717) is 30.3 Å². The number of amides is 2. The molecule has 2 aromatic carbocycles. The number of nitrogens with one attached hydrogen (secondary N) is 1. The van der Waals surface area contributed by atoms with Gasteiger partial charge in [-0.3, -0.25) is 9.59 Å². The highest BCUT2D eigenvalue weighted by Gasteiger charge is 2.26. The number of carbonyl (C=O) groups is 2. The molecule has 0 aromatic heterocycles. The second-order valence-electron chi connectivity index (χ2n) is 6.83. The van der Waals surface area contributed by atoms with Gasteiger partial charge in [-0.2, -0.15) is 0 Å². The Labute approximate surface area is 159 Å². The molecule has 0 bridgehead atoms. The van der Waals surface area contributed by atoms with Gasteiger partial charge in [0.2, 0.25) is 5.91 Å². The molecule has 0 saturated heterocycles. The van der Waals surface area contributed by atoms with Gasteiger partial charge in [0.15, 0.2) is 6.61 Å². The second-order valence-corrected chi connectivity index (χ2v) is 6.83. The number of aryl methyl sites for hydroxylation is 1. The molecule has 0 radical (unpaired) electrons. The maximum atomic E-state index is 12.4. The minimum absolute atomic E-state index is 0.00482. The van der Waals surface area contributed by atoms with E-state index in [0.717, 1.165) is 11.3 Å². The molecule has 0 fully saturated rings. The molecule has 2 aromatic rings. The fraction of sp³-hybridized carbons (Fsp3) is 0.333. The summed E-state index contributed by atoms with van der Waals surface area (Å²) in [6, 6.07) is 13.1. The Balaban J connectivity index is 1.72. The van der Waals surface area contributed by atoms with Crippen LogP contribution in [-0.4, -0.2) is 31.6 Å². The Hall–Kier alpha value is -3.02. The normalized spacial score (nSPS) is 13.2. The first-order chi connectivity index (χ1) is 12.9. The van der Waals surface area contributed by atoms with Gasteiger partial charge in [0, 0.05) is 11.6 Å². The zero-order chi connectivity index (χ0) is 19.4. The molecule has 27 heavy (non-hydrogen) atoms. The average molecular weight is 368 g/mol. The Morgan fingerprint density at radius 3 is 2.81 bits per heavy atom. The van der Waals surface area contributed by atoms with Crippen molar-refractivity contribution >= 4 is 23.2 Å². The predicted molar refractivity (Wildman–Crippen MR) is 104 cm³/mol. The van der Waals surface area contributed by atoms with E-state index >= 15 is 0 Å². The number of benzene rings is 2. The molecular formula is C21H24N2O4. The number of hydrogen-bond donors (Lipinski definition) is 1. The summed E-state index contributed by atoms with van der Waals surface area (Å²) in [5.41, 5.74) is 2.39. The lowest BCUT2D eigenvalue weighted by atomic mass is 10.1. The monoisotopic (exact) mass is 368 g/mol. The van der Waals surface area contributed by atoms with Gasteiger partial charge in [-0.25, -0.2) is 0 Å². The van der Waals surface area contributed by atoms with Gasteiger partial charge in [0.1, 0.15) is 18.1 Å². The summed E-state index contributed by atoms with van der Waals surface area (Å²) in [6.45, 7) is 6.41. The molecular weight excluding hydrogens is 344 g/mol. The van der Waals surface area contributed by atoms with E-state index in [1.54, 1.807) is 23.1 Å². The van der Waals surface area contributed by atoms with E-state index in [9.17, 15) is 9.59 Å². The van der Waals surface area contributed by atoms with Crippen molar-refractivity contribution in [3.8, 4) is 11.5 Å². The number of rotatable bonds is 6. The van der Waals surface area contributed by atoms with Crippen LogP contribution < -0.4 is 19.7 Å². The van der Waals surface area contributed by atoms with Crippen molar-refractivity contribution in [2.75, 3.05) is 30.0 Å². The zero-order valence-electron chi connectivity index (χ0n) is 15.8. The Morgan fingerprint density at radius 1 is 1.26 bits per heavy atom. The minimum Gasteiger partial charge on any atom is -0.492 e. The topological polar surface area (TPSA) is 67.9 Å². The van der Waals surface area contributed by atoms with Crippen LogP contribution in [0.2, 0.25) is 0 Å². The van der Waals surface area contributed by atoms with Crippen LogP contribution in [0, 0.1) is 12.8 Å². The number of anilines is 2. The van der Waals surface area contributed by atoms with Gasteiger partial charge < -0.3 is 19.7 Å². The van der Waals surface area contributed by atoms with Crippen LogP contribution in [0.3, 0.4) is 0 Å². The van der Waals surface area contributed by atoms with Crippen molar-refractivity contribution in [2.24, 2.45) is 5.92 Å². The maximum absolute atomic E-state index is 12.4. The standard InChI is InChI=1S/C21H24N2O4/c1-14(2)21(25)22-16-7-8-19-18(12-16)23(20(24)13-27-19)9-10-26-17-6-4-5-15(3)11-17/h4-8,11-12,14H,9-10,13H2,1-3H3,(H,22,25). The summed E-state index contributed by atoms with van der Waals surface area (Å²) in [6.07, 6.45) is 0. The second kappa shape index (κ2) is 8.12. The van der Waals surface area contributed by atoms with E-state index in [2.05, 4.69) is 5.32 Å². The molecule has 3 rings (SSSR count). The number of ether oxygens (including phenoxy) is 2. The van der Waals surface area contributed by atoms with Crippen LogP contribution in [0.5, 0.6) is 11.5 Å². The summed E-state index contributed by atoms with van der Waals surface area (Å²) >= 11 is 0. The van der Waals surface area contributed by atoms with Crippen LogP contribution in [-0.2, 0) is 9.59 Å². The highest BCUT2D eigenvalue weighted by Crippen LogP contribution is 2.34. The Kier molecular flexibility index (Phi) is 5.64. The van der Waals surface area contributed by atoms with E-state index in [4.69, 9.17) is 9.47 Å². The molecule has 0 atom stereocenters. The number of carbonyl (C=O) groups excluding carboxylic acids is 2. The molecule has 1 aliphatic heterocycles. The van der Waals surface area contributed by atoms with Gasteiger partial charge in [-0.1, -0.05) is 26.0 Å². The predicted octanol–water partition coefficient (Wildman–Crippen LogP) is 3.39. The smallest absolute Gasteiger partial charge is 0.265 e. The van der Waals surface area contributed by atoms with Crippen molar-refractivity contribution in [1.82, 2.24) is 0 Å². The van der Waals surface area contributed by atoms with E-state index in [1.165, 1.54) is 0 Å². The van der Waals surface area contributed by atoms with Crippen LogP contribution >= 0.6 is 0 Å². The van der Waals surface area contributed by atoms with Crippen LogP contribution in [0.15, 0.2) is 42.5 Å². The van der Waals surface area contributed by atoms with Crippen LogP contribution in [0.1, 0.15) is 19.4 Å². The minimum atomic E-state index is -0.136. The molecule has 1 N–H and O–H groups in total. The van der Waals surface area contributed by atoms with Gasteiger partial charge >= 0.3 is 0 Å². The lowest BCUT2D eigenvalue weighted by Crippen LogP contribution is -2.41. The quantitative estimate of drug-likeness (QED) is 0.849. The molecule has 142 valence electrons. The summed E-state index contributed by atoms with van der Waals surface area (Å²) < 4.78 is 11.3. The van der Waals surface area contributed by atoms with Crippen molar-refractivity contribution < 1.29 is 19.1 Å². The van der Waals surface area contributed by atoms with E-state index < -0.39 is 0 Å². The van der Waals surface area contributed by atoms with Gasteiger partial charge in [-0.15, -0.1) is 0 Å². The lowest BCUT2D eigenvalue weighted by Gasteiger charge is -2.29. The molecule has 1 heterocycles. The van der Waals surface area contributed by atoms with Crippen LogP contribution in [0.25, 0.3) is 0 Å². The highest BCUT2D eigenvalue weighted by molar-refractivity contribution is 5.99. The third-order valence-corrected chi connectivity index (χ3v) is 4.27. The SMILES string of the molecule is Cc1cccc(OCCN2C(=O)COc3ccc(NC(=O)C(C)C)cc32)c1. The molecule has 1 aliphatic rings. The van der Waals surface area contributed by atoms with Crippen molar-refractivity contribution in [2.45, 2.75) is 20.8 Å². The van der Waals surface area contributed by atoms with Gasteiger partial charge in [-0.05, 0) is 42.8 Å². The summed E-state index contributed by atoms with van der Waals surface area (Å²) in [5.74, 6) is 1.05. The zero-order valence-corrected chi connectivity index (χ0v) is 15.8. The van der Waals surface area contributed by atoms with E-state index in [1.807, 2.05) is 45.0 Å². The highest BCUT2D eigenvalue weighted by atomic mass is 16.5. The van der Waals surface area contributed by atoms with E-state index in [-0.39, 0.29) is 24.3 Å². The van der Waals surface area contributed by atoms with Crippen molar-refractivity contribution in [1.29, 1.82) is 0 Å². The van der Waals surface area contributed by atoms with Gasteiger partial charge in [0.05, 0.1) is 12.2 Å². The molecule has 0 aliphatic carbocycles. The van der Waals surface area contributed by atoms with Crippen molar-refractivity contribution in [3.05, 3.63) is 48.0 Å². The molecule has 0 unspecified atom stereocenters. The van der Waals surface area contributed by atoms with Gasteiger partial charge in [0.25, 0.3) is 5.91 Å². The first-order valence-corrected chi connectivity index (χ1v) is 9.01. The average Bonchev–Trinajstić information content (AvgIpc) is 2.63. The Bertz CT molecular complexity index is 848. The fourth-order valence-corrected chi connectivity index (χ4v) is 2.77. The van der Waals surface area contributed by atoms with Crippen LogP contribution in [0.4, 0.5) is 11.4 Å². The molecule has 6 heteroatoms. The molecule has 0 saturated carbocycles. The maximum Gasteiger partial charge on any atom is 0.265 e. The third kappa shape index (κ3) is 4.58. The summed E-state index contributed by atoms with van der Waals surface area (Å²) in [5, 5.41) is 2.85. The number of hydrogen-bond acceptors (Lipinski definition) is 4. The van der Waals surface area contributed by atoms with Crippen molar-refractivity contribution in [3.63, 3.8) is 0 Å². The molecule has 2 amide bonds. The molecule has 6 nitrogen and oxygen atoms in total. The Morgan fingerprint density at radius 2 is 2.07 bits per heavy atom. The third-order valence-electron chi connectivity index (χ3n) is 4.27. The first kappa shape index (κ1) is 18.8.